The van der Waals surface area contributed by atoms with Crippen molar-refractivity contribution in [2.45, 2.75) is 45.4 Å². The number of carbonyl (C=O) groups is 1. The fourth-order valence-corrected chi connectivity index (χ4v) is 7.50. The Kier molecular flexibility index (Phi) is 4.85. The Bertz CT molecular complexity index is 809. The zero-order valence-electron chi connectivity index (χ0n) is 18.8. The fourth-order valence-electron chi connectivity index (χ4n) is 7.50. The van der Waals surface area contributed by atoms with E-state index in [1.807, 2.05) is 6.92 Å². The van der Waals surface area contributed by atoms with Gasteiger partial charge in [0.05, 0.1) is 18.6 Å². The molecule has 0 spiro atoms. The zero-order chi connectivity index (χ0) is 21.0. The van der Waals surface area contributed by atoms with Crippen molar-refractivity contribution in [3.63, 3.8) is 0 Å². The molecule has 2 saturated heterocycles. The largest absolute Gasteiger partial charge is 0.378 e. The molecule has 7 nitrogen and oxygen atoms in total. The van der Waals surface area contributed by atoms with Crippen LogP contribution in [0.25, 0.3) is 0 Å². The molecule has 4 bridgehead atoms. The van der Waals surface area contributed by atoms with Gasteiger partial charge in [-0.05, 0) is 63.2 Å². The molecule has 0 aromatic carbocycles. The molecule has 0 radical (unpaired) electrons. The summed E-state index contributed by atoms with van der Waals surface area (Å²) < 4.78 is 5.49. The Morgan fingerprint density at radius 1 is 0.871 bits per heavy atom. The molecule has 6 fully saturated rings. The standard InChI is InChI=1S/C24H35N5O2/c1-17-25-21(13-22(26-17)28-6-8-31-9-7-28)27-2-4-29(5-3-27)23(30)24-14-18-10-19(15-24)12-20(11-18)16-24/h13,18-20H,2-12,14-16H2,1H3. The van der Waals surface area contributed by atoms with Gasteiger partial charge in [-0.1, -0.05) is 0 Å². The van der Waals surface area contributed by atoms with Gasteiger partial charge in [-0.15, -0.1) is 0 Å². The summed E-state index contributed by atoms with van der Waals surface area (Å²) >= 11 is 0. The van der Waals surface area contributed by atoms with Gasteiger partial charge in [0.25, 0.3) is 0 Å². The van der Waals surface area contributed by atoms with E-state index < -0.39 is 0 Å². The number of carbonyl (C=O) groups excluding carboxylic acids is 1. The van der Waals surface area contributed by atoms with E-state index in [9.17, 15) is 4.79 Å². The predicted octanol–water partition coefficient (Wildman–Crippen LogP) is 2.49. The van der Waals surface area contributed by atoms with Crippen LogP contribution in [-0.2, 0) is 9.53 Å². The molecule has 3 heterocycles. The summed E-state index contributed by atoms with van der Waals surface area (Å²) in [5.41, 5.74) is -0.0219. The van der Waals surface area contributed by atoms with E-state index in [1.54, 1.807) is 0 Å². The van der Waals surface area contributed by atoms with E-state index >= 15 is 0 Å². The predicted molar refractivity (Wildman–Crippen MR) is 119 cm³/mol. The van der Waals surface area contributed by atoms with Gasteiger partial charge in [0.1, 0.15) is 17.5 Å². The number of nitrogens with zero attached hydrogens (tertiary/aromatic N) is 5. The third-order valence-electron chi connectivity index (χ3n) is 8.53. The molecule has 0 N–H and O–H groups in total. The number of aromatic nitrogens is 2. The smallest absolute Gasteiger partial charge is 0.228 e. The van der Waals surface area contributed by atoms with Crippen LogP contribution in [0.3, 0.4) is 0 Å². The maximum atomic E-state index is 13.7. The molecule has 0 unspecified atom stereocenters. The van der Waals surface area contributed by atoms with Crippen LogP contribution in [0.2, 0.25) is 0 Å². The molecule has 1 amide bonds. The van der Waals surface area contributed by atoms with E-state index in [0.29, 0.717) is 5.91 Å². The molecule has 7 heteroatoms. The molecule has 4 aliphatic carbocycles. The van der Waals surface area contributed by atoms with Gasteiger partial charge in [0.15, 0.2) is 0 Å². The Labute approximate surface area is 185 Å². The van der Waals surface area contributed by atoms with E-state index in [4.69, 9.17) is 9.72 Å². The first-order valence-electron chi connectivity index (χ1n) is 12.3. The highest BCUT2D eigenvalue weighted by atomic mass is 16.5. The summed E-state index contributed by atoms with van der Waals surface area (Å²) in [6, 6.07) is 2.12. The summed E-state index contributed by atoms with van der Waals surface area (Å²) in [6.07, 6.45) is 7.64. The number of piperazine rings is 1. The highest BCUT2D eigenvalue weighted by Crippen LogP contribution is 2.60. The first-order chi connectivity index (χ1) is 15.1. The molecule has 7 rings (SSSR count). The van der Waals surface area contributed by atoms with Crippen molar-refractivity contribution in [1.82, 2.24) is 14.9 Å². The van der Waals surface area contributed by atoms with Crippen molar-refractivity contribution >= 4 is 17.5 Å². The van der Waals surface area contributed by atoms with Gasteiger partial charge >= 0.3 is 0 Å². The molecular weight excluding hydrogens is 390 g/mol. The summed E-state index contributed by atoms with van der Waals surface area (Å²) in [5.74, 6) is 5.73. The number of anilines is 2. The second kappa shape index (κ2) is 7.61. The number of hydrogen-bond donors (Lipinski definition) is 0. The molecule has 1 aromatic heterocycles. The van der Waals surface area contributed by atoms with Gasteiger partial charge in [-0.25, -0.2) is 9.97 Å². The lowest BCUT2D eigenvalue weighted by Gasteiger charge is -2.57. The number of amides is 1. The van der Waals surface area contributed by atoms with Crippen LogP contribution in [0, 0.1) is 30.1 Å². The van der Waals surface area contributed by atoms with Crippen LogP contribution in [0.15, 0.2) is 6.07 Å². The van der Waals surface area contributed by atoms with E-state index in [1.165, 1.54) is 19.3 Å². The lowest BCUT2D eigenvalue weighted by atomic mass is 9.49. The number of morpholine rings is 1. The summed E-state index contributed by atoms with van der Waals surface area (Å²) in [7, 11) is 0. The maximum Gasteiger partial charge on any atom is 0.228 e. The van der Waals surface area contributed by atoms with Crippen LogP contribution >= 0.6 is 0 Å². The Balaban J connectivity index is 1.13. The molecule has 6 aliphatic rings. The SMILES string of the molecule is Cc1nc(N2CCOCC2)cc(N2CCN(C(=O)C34CC5CC(CC(C5)C3)C4)CC2)n1. The molecular formula is C24H35N5O2. The topological polar surface area (TPSA) is 61.8 Å². The molecule has 0 atom stereocenters. The van der Waals surface area contributed by atoms with Gasteiger partial charge in [-0.2, -0.15) is 0 Å². The van der Waals surface area contributed by atoms with Crippen molar-refractivity contribution in [3.8, 4) is 0 Å². The minimum absolute atomic E-state index is 0.0219. The average Bonchev–Trinajstić information content (AvgIpc) is 2.78. The van der Waals surface area contributed by atoms with E-state index in [2.05, 4.69) is 25.8 Å². The van der Waals surface area contributed by atoms with Crippen LogP contribution in [0.4, 0.5) is 11.6 Å². The monoisotopic (exact) mass is 425 g/mol. The molecule has 168 valence electrons. The number of ether oxygens (including phenoxy) is 1. The first kappa shape index (κ1) is 19.8. The van der Waals surface area contributed by atoms with E-state index in [0.717, 1.165) is 107 Å². The normalized spacial score (nSPS) is 35.0. The van der Waals surface area contributed by atoms with Crippen LogP contribution in [-0.4, -0.2) is 73.3 Å². The Morgan fingerprint density at radius 3 is 1.94 bits per heavy atom. The zero-order valence-corrected chi connectivity index (χ0v) is 18.8. The Hall–Kier alpha value is -1.89. The van der Waals surface area contributed by atoms with E-state index in [-0.39, 0.29) is 5.41 Å². The average molecular weight is 426 g/mol. The van der Waals surface area contributed by atoms with Crippen molar-refractivity contribution in [1.29, 1.82) is 0 Å². The number of hydrogen-bond acceptors (Lipinski definition) is 6. The highest BCUT2D eigenvalue weighted by Gasteiger charge is 2.55. The molecule has 1 aromatic rings. The minimum atomic E-state index is -0.0219. The van der Waals surface area contributed by atoms with Crippen LogP contribution < -0.4 is 9.80 Å². The van der Waals surface area contributed by atoms with Crippen molar-refractivity contribution in [2.75, 3.05) is 62.3 Å². The summed E-state index contributed by atoms with van der Waals surface area (Å²) in [5, 5.41) is 0. The van der Waals surface area contributed by atoms with Gasteiger partial charge < -0.3 is 19.4 Å². The van der Waals surface area contributed by atoms with Crippen LogP contribution in [0.5, 0.6) is 0 Å². The van der Waals surface area contributed by atoms with Crippen LogP contribution in [0.1, 0.15) is 44.3 Å². The third kappa shape index (κ3) is 3.59. The summed E-state index contributed by atoms with van der Waals surface area (Å²) in [4.78, 5) is 29.9. The van der Waals surface area contributed by atoms with Gasteiger partial charge in [-0.3, -0.25) is 4.79 Å². The minimum Gasteiger partial charge on any atom is -0.378 e. The highest BCUT2D eigenvalue weighted by molar-refractivity contribution is 5.83. The fraction of sp³-hybridized carbons (Fsp3) is 0.792. The van der Waals surface area contributed by atoms with Crippen molar-refractivity contribution in [2.24, 2.45) is 23.2 Å². The van der Waals surface area contributed by atoms with Gasteiger partial charge in [0.2, 0.25) is 5.91 Å². The quantitative estimate of drug-likeness (QED) is 0.742. The second-order valence-corrected chi connectivity index (χ2v) is 10.7. The molecule has 31 heavy (non-hydrogen) atoms. The van der Waals surface area contributed by atoms with Crippen molar-refractivity contribution in [3.05, 3.63) is 11.9 Å². The molecule has 4 saturated carbocycles. The summed E-state index contributed by atoms with van der Waals surface area (Å²) in [6.45, 7) is 8.58. The van der Waals surface area contributed by atoms with Crippen molar-refractivity contribution < 1.29 is 9.53 Å². The number of rotatable bonds is 3. The first-order valence-corrected chi connectivity index (χ1v) is 12.3. The lowest BCUT2D eigenvalue weighted by molar-refractivity contribution is -0.158. The number of aryl methyl sites for hydroxylation is 1. The maximum absolute atomic E-state index is 13.7. The Morgan fingerprint density at radius 2 is 1.39 bits per heavy atom. The lowest BCUT2D eigenvalue weighted by Crippen LogP contribution is -2.58. The van der Waals surface area contributed by atoms with Gasteiger partial charge in [0, 0.05) is 45.3 Å². The molecule has 2 aliphatic heterocycles. The second-order valence-electron chi connectivity index (χ2n) is 10.7. The third-order valence-corrected chi connectivity index (χ3v) is 8.53.